The molecule has 166 valence electrons. The molecular weight excluding hydrogens is 394 g/mol. The van der Waals surface area contributed by atoms with Crippen molar-refractivity contribution in [2.45, 2.75) is 68.3 Å². The second-order valence-corrected chi connectivity index (χ2v) is 6.88. The van der Waals surface area contributed by atoms with Gasteiger partial charge in [0.05, 0.1) is 19.8 Å². The van der Waals surface area contributed by atoms with Crippen LogP contribution in [0.3, 0.4) is 0 Å². The van der Waals surface area contributed by atoms with Crippen LogP contribution in [0.25, 0.3) is 0 Å². The van der Waals surface area contributed by atoms with Crippen LogP contribution in [0, 0.1) is 12.3 Å². The monoisotopic (exact) mass is 421 g/mol. The number of aliphatic hydroxyl groups excluding tert-OH is 7. The van der Waals surface area contributed by atoms with Crippen LogP contribution < -0.4 is 0 Å². The van der Waals surface area contributed by atoms with Gasteiger partial charge in [-0.25, -0.2) is 0 Å². The fraction of sp³-hybridized carbons (Fsp3) is 0.824. The van der Waals surface area contributed by atoms with E-state index in [2.05, 4.69) is 5.92 Å². The van der Waals surface area contributed by atoms with Gasteiger partial charge >= 0.3 is 0 Å². The number of aliphatic hydroxyl groups is 7. The van der Waals surface area contributed by atoms with E-state index < -0.39 is 80.5 Å². The first-order valence-corrected chi connectivity index (χ1v) is 8.97. The second-order valence-electron chi connectivity index (χ2n) is 6.88. The molecule has 2 fully saturated rings. The number of amides is 1. The fourth-order valence-corrected chi connectivity index (χ4v) is 3.31. The Morgan fingerprint density at radius 1 is 0.966 bits per heavy atom. The molecule has 2 aliphatic heterocycles. The smallest absolute Gasteiger partial charge is 0.222 e. The molecule has 2 rings (SSSR count). The van der Waals surface area contributed by atoms with Gasteiger partial charge < -0.3 is 54.9 Å². The minimum absolute atomic E-state index is 0.222. The molecule has 0 radical (unpaired) electrons. The first-order valence-electron chi connectivity index (χ1n) is 8.97. The van der Waals surface area contributed by atoms with E-state index in [1.807, 2.05) is 0 Å². The summed E-state index contributed by atoms with van der Waals surface area (Å²) in [4.78, 5) is 12.8. The molecule has 0 saturated carbocycles. The predicted octanol–water partition coefficient (Wildman–Crippen LogP) is -4.91. The van der Waals surface area contributed by atoms with Gasteiger partial charge in [-0.3, -0.25) is 4.79 Å². The third-order valence-electron chi connectivity index (χ3n) is 4.95. The van der Waals surface area contributed by atoms with Crippen LogP contribution in [-0.4, -0.2) is 128 Å². The fourth-order valence-electron chi connectivity index (χ4n) is 3.31. The van der Waals surface area contributed by atoms with Gasteiger partial charge in [0, 0.05) is 6.92 Å². The molecular formula is C17H27NO11. The van der Waals surface area contributed by atoms with E-state index in [1.54, 1.807) is 0 Å². The van der Waals surface area contributed by atoms with E-state index in [-0.39, 0.29) is 6.54 Å². The lowest BCUT2D eigenvalue weighted by molar-refractivity contribution is -0.347. The van der Waals surface area contributed by atoms with Gasteiger partial charge in [-0.1, -0.05) is 5.92 Å². The Morgan fingerprint density at radius 2 is 1.59 bits per heavy atom. The van der Waals surface area contributed by atoms with Gasteiger partial charge in [0.2, 0.25) is 5.91 Å². The van der Waals surface area contributed by atoms with E-state index in [4.69, 9.17) is 20.6 Å². The number of carbonyl (C=O) groups excluding carboxylic acids is 1. The SMILES string of the molecule is C#CCN(C(C)=O)[C@H]1O[C@H](CO)[C@@H](O[C@@H]2OC(CO)[C@H](O)[C@H](O)C2O)C(O)C1O. The van der Waals surface area contributed by atoms with E-state index in [0.717, 1.165) is 4.90 Å². The van der Waals surface area contributed by atoms with Gasteiger partial charge in [0.25, 0.3) is 0 Å². The quantitative estimate of drug-likeness (QED) is 0.204. The van der Waals surface area contributed by atoms with Gasteiger partial charge in [0.1, 0.15) is 48.8 Å². The number of hydrogen-bond donors (Lipinski definition) is 7. The molecule has 12 heteroatoms. The third-order valence-corrected chi connectivity index (χ3v) is 4.95. The van der Waals surface area contributed by atoms with Crippen LogP contribution in [-0.2, 0) is 19.0 Å². The standard InChI is InChI=1S/C17H27NO11/c1-3-4-18(7(2)21)16-13(25)12(24)15(9(6-20)27-16)29-17-14(26)11(23)10(22)8(5-19)28-17/h1,8-17,19-20,22-26H,4-6H2,2H3/t8?,9-,10+,11+,12?,13?,14?,15-,16+,17+/m1/s1. The first-order chi connectivity index (χ1) is 13.7. The van der Waals surface area contributed by atoms with Crippen molar-refractivity contribution in [3.63, 3.8) is 0 Å². The zero-order chi connectivity index (χ0) is 21.9. The van der Waals surface area contributed by atoms with Crippen molar-refractivity contribution in [2.75, 3.05) is 19.8 Å². The lowest BCUT2D eigenvalue weighted by Crippen LogP contribution is -2.67. The van der Waals surface area contributed by atoms with Crippen molar-refractivity contribution >= 4 is 5.91 Å². The summed E-state index contributed by atoms with van der Waals surface area (Å²) in [6.07, 6.45) is -10.3. The molecule has 7 N–H and O–H groups in total. The highest BCUT2D eigenvalue weighted by atomic mass is 16.7. The van der Waals surface area contributed by atoms with Crippen molar-refractivity contribution in [1.82, 2.24) is 4.90 Å². The lowest BCUT2D eigenvalue weighted by Gasteiger charge is -2.47. The molecule has 0 aromatic rings. The van der Waals surface area contributed by atoms with Crippen LogP contribution in [0.4, 0.5) is 0 Å². The Morgan fingerprint density at radius 3 is 2.10 bits per heavy atom. The predicted molar refractivity (Wildman–Crippen MR) is 92.6 cm³/mol. The molecule has 4 unspecified atom stereocenters. The molecule has 2 aliphatic rings. The molecule has 10 atom stereocenters. The van der Waals surface area contributed by atoms with Gasteiger partial charge in [0.15, 0.2) is 12.5 Å². The summed E-state index contributed by atoms with van der Waals surface area (Å²) in [5.74, 6) is 1.69. The third kappa shape index (κ3) is 4.86. The Bertz CT molecular complexity index is 594. The first kappa shape index (κ1) is 23.9. The summed E-state index contributed by atoms with van der Waals surface area (Å²) in [7, 11) is 0. The largest absolute Gasteiger partial charge is 0.394 e. The highest BCUT2D eigenvalue weighted by Gasteiger charge is 2.51. The molecule has 0 aliphatic carbocycles. The summed E-state index contributed by atoms with van der Waals surface area (Å²) in [5, 5.41) is 69.6. The minimum atomic E-state index is -1.76. The van der Waals surface area contributed by atoms with E-state index in [0.29, 0.717) is 0 Å². The molecule has 0 aromatic carbocycles. The number of nitrogens with zero attached hydrogens (tertiary/aromatic N) is 1. The average Bonchev–Trinajstić information content (AvgIpc) is 2.70. The van der Waals surface area contributed by atoms with Crippen LogP contribution in [0.5, 0.6) is 0 Å². The molecule has 1 amide bonds. The van der Waals surface area contributed by atoms with Crippen LogP contribution >= 0.6 is 0 Å². The molecule has 2 saturated heterocycles. The topological polar surface area (TPSA) is 190 Å². The Labute approximate surface area is 166 Å². The summed E-state index contributed by atoms with van der Waals surface area (Å²) >= 11 is 0. The van der Waals surface area contributed by atoms with E-state index in [9.17, 15) is 40.5 Å². The zero-order valence-electron chi connectivity index (χ0n) is 15.7. The molecule has 12 nitrogen and oxygen atoms in total. The van der Waals surface area contributed by atoms with Crippen LogP contribution in [0.1, 0.15) is 6.92 Å². The Balaban J connectivity index is 2.19. The van der Waals surface area contributed by atoms with Crippen LogP contribution in [0.2, 0.25) is 0 Å². The molecule has 29 heavy (non-hydrogen) atoms. The van der Waals surface area contributed by atoms with Gasteiger partial charge in [-0.05, 0) is 0 Å². The number of hydrogen-bond acceptors (Lipinski definition) is 11. The number of rotatable bonds is 6. The van der Waals surface area contributed by atoms with Gasteiger partial charge in [-0.15, -0.1) is 6.42 Å². The van der Waals surface area contributed by atoms with Crippen LogP contribution in [0.15, 0.2) is 0 Å². The maximum atomic E-state index is 11.8. The second kappa shape index (κ2) is 10.1. The lowest BCUT2D eigenvalue weighted by atomic mass is 9.96. The maximum Gasteiger partial charge on any atom is 0.222 e. The normalized spacial score (nSPS) is 42.9. The van der Waals surface area contributed by atoms with E-state index in [1.165, 1.54) is 6.92 Å². The number of carbonyl (C=O) groups is 1. The Kier molecular flexibility index (Phi) is 8.32. The van der Waals surface area contributed by atoms with Crippen molar-refractivity contribution in [1.29, 1.82) is 0 Å². The highest BCUT2D eigenvalue weighted by Crippen LogP contribution is 2.30. The van der Waals surface area contributed by atoms with Crippen molar-refractivity contribution < 1.29 is 54.8 Å². The summed E-state index contributed by atoms with van der Waals surface area (Å²) in [6.45, 7) is -0.434. The molecule has 2 heterocycles. The van der Waals surface area contributed by atoms with E-state index >= 15 is 0 Å². The van der Waals surface area contributed by atoms with Crippen molar-refractivity contribution in [3.05, 3.63) is 0 Å². The number of ether oxygens (including phenoxy) is 3. The summed E-state index contributed by atoms with van der Waals surface area (Å²) in [5.41, 5.74) is 0. The minimum Gasteiger partial charge on any atom is -0.394 e. The maximum absolute atomic E-state index is 11.8. The number of terminal acetylenes is 1. The highest BCUT2D eigenvalue weighted by molar-refractivity contribution is 5.73. The molecule has 0 aromatic heterocycles. The molecule has 0 bridgehead atoms. The van der Waals surface area contributed by atoms with Gasteiger partial charge in [-0.2, -0.15) is 0 Å². The zero-order valence-corrected chi connectivity index (χ0v) is 15.7. The summed E-state index contributed by atoms with van der Waals surface area (Å²) < 4.78 is 16.2. The molecule has 0 spiro atoms. The Hall–Kier alpha value is -1.37. The van der Waals surface area contributed by atoms with Crippen molar-refractivity contribution in [3.8, 4) is 12.3 Å². The summed E-state index contributed by atoms with van der Waals surface area (Å²) in [6, 6.07) is 0. The van der Waals surface area contributed by atoms with Crippen molar-refractivity contribution in [2.24, 2.45) is 0 Å². The average molecular weight is 421 g/mol.